The van der Waals surface area contributed by atoms with Crippen molar-refractivity contribution in [1.29, 1.82) is 0 Å². The largest absolute Gasteiger partial charge is 0.463 e. The van der Waals surface area contributed by atoms with Crippen LogP contribution >= 0.6 is 0 Å². The van der Waals surface area contributed by atoms with Crippen LogP contribution in [0, 0.1) is 0 Å². The number of benzene rings is 1. The van der Waals surface area contributed by atoms with Crippen LogP contribution in [0.5, 0.6) is 0 Å². The zero-order valence-electron chi connectivity index (χ0n) is 17.9. The van der Waals surface area contributed by atoms with Crippen LogP contribution in [-0.2, 0) is 19.1 Å². The smallest absolute Gasteiger partial charge is 0.306 e. The quantitative estimate of drug-likeness (QED) is 0.486. The number of aliphatic hydroxyl groups excluding tert-OH is 1. The van der Waals surface area contributed by atoms with Crippen molar-refractivity contribution in [3.63, 3.8) is 0 Å². The van der Waals surface area contributed by atoms with Crippen LogP contribution in [0.4, 0.5) is 5.82 Å². The molecule has 3 heterocycles. The molecular weight excluding hydrogens is 430 g/mol. The Balaban J connectivity index is 1.44. The molecule has 0 spiro atoms. The molecule has 3 aromatic rings. The van der Waals surface area contributed by atoms with E-state index in [0.717, 1.165) is 0 Å². The molecule has 1 amide bonds. The first-order chi connectivity index (χ1) is 15.9. The van der Waals surface area contributed by atoms with Crippen LogP contribution in [0.2, 0.25) is 0 Å². The summed E-state index contributed by atoms with van der Waals surface area (Å²) < 4.78 is 12.6. The number of rotatable bonds is 8. The summed E-state index contributed by atoms with van der Waals surface area (Å²) in [6.45, 7) is 1.27. The highest BCUT2D eigenvalue weighted by molar-refractivity contribution is 6.06. The van der Waals surface area contributed by atoms with E-state index in [0.29, 0.717) is 16.7 Å². The summed E-state index contributed by atoms with van der Waals surface area (Å²) in [7, 11) is 0. The van der Waals surface area contributed by atoms with Crippen LogP contribution in [0.3, 0.4) is 0 Å². The van der Waals surface area contributed by atoms with E-state index < -0.39 is 24.4 Å². The van der Waals surface area contributed by atoms with Crippen molar-refractivity contribution in [3.05, 3.63) is 48.5 Å². The first-order valence-corrected chi connectivity index (χ1v) is 10.4. The van der Waals surface area contributed by atoms with Gasteiger partial charge in [0, 0.05) is 18.4 Å². The monoisotopic (exact) mass is 453 g/mol. The minimum absolute atomic E-state index is 0.0118. The van der Waals surface area contributed by atoms with E-state index in [-0.39, 0.29) is 43.4 Å². The highest BCUT2D eigenvalue weighted by atomic mass is 16.6. The number of fused-ring (bicyclic) bond motifs is 1. The number of Topliss-reactive ketones (excluding diaryl/α,β-unsaturated/α-hetero) is 1. The number of ether oxygens (including phenoxy) is 2. The molecule has 172 valence electrons. The molecule has 2 aromatic heterocycles. The van der Waals surface area contributed by atoms with Gasteiger partial charge in [-0.25, -0.2) is 15.0 Å². The number of carbonyl (C=O) groups excluding carboxylic acids is 3. The predicted molar refractivity (Wildman–Crippen MR) is 115 cm³/mol. The number of hydrogen-bond acceptors (Lipinski definition) is 9. The van der Waals surface area contributed by atoms with Crippen molar-refractivity contribution in [2.24, 2.45) is 0 Å². The molecule has 4 rings (SSSR count). The number of nitrogens with zero attached hydrogens (tertiary/aromatic N) is 4. The first-order valence-electron chi connectivity index (χ1n) is 10.4. The van der Waals surface area contributed by atoms with E-state index >= 15 is 0 Å². The van der Waals surface area contributed by atoms with Crippen molar-refractivity contribution in [2.45, 2.75) is 44.6 Å². The lowest BCUT2D eigenvalue weighted by Gasteiger charge is -2.16. The average molecular weight is 453 g/mol. The summed E-state index contributed by atoms with van der Waals surface area (Å²) in [4.78, 5) is 47.9. The summed E-state index contributed by atoms with van der Waals surface area (Å²) in [5.41, 5.74) is 1.27. The number of aromatic nitrogens is 4. The second-order valence-electron chi connectivity index (χ2n) is 7.68. The fourth-order valence-electron chi connectivity index (χ4n) is 3.48. The van der Waals surface area contributed by atoms with Gasteiger partial charge in [-0.1, -0.05) is 18.2 Å². The van der Waals surface area contributed by atoms with Crippen molar-refractivity contribution < 1.29 is 29.0 Å². The normalized spacial score (nSPS) is 20.0. The maximum absolute atomic E-state index is 12.5. The van der Waals surface area contributed by atoms with Crippen molar-refractivity contribution in [1.82, 2.24) is 19.5 Å². The Morgan fingerprint density at radius 1 is 1.18 bits per heavy atom. The second-order valence-corrected chi connectivity index (χ2v) is 7.68. The van der Waals surface area contributed by atoms with E-state index in [2.05, 4.69) is 20.3 Å². The van der Waals surface area contributed by atoms with Crippen molar-refractivity contribution in [3.8, 4) is 0 Å². The molecule has 1 aliphatic rings. The molecule has 1 saturated heterocycles. The molecule has 33 heavy (non-hydrogen) atoms. The molecule has 0 unspecified atom stereocenters. The van der Waals surface area contributed by atoms with Crippen molar-refractivity contribution >= 4 is 34.6 Å². The van der Waals surface area contributed by atoms with E-state index in [1.165, 1.54) is 19.6 Å². The Labute approximate surface area is 188 Å². The first kappa shape index (κ1) is 22.5. The van der Waals surface area contributed by atoms with Crippen LogP contribution in [0.25, 0.3) is 11.2 Å². The van der Waals surface area contributed by atoms with Gasteiger partial charge in [0.15, 0.2) is 17.0 Å². The minimum Gasteiger partial charge on any atom is -0.463 e. The molecule has 2 N–H and O–H groups in total. The number of imidazole rings is 1. The molecule has 0 bridgehead atoms. The number of nitrogens with one attached hydrogen (secondary N) is 1. The standard InChI is InChI=1S/C22H23N5O6/c1-13(28)7-8-18(30)32-10-16-15(29)9-17(33-16)27-12-25-19-20(23-11-24-21(19)27)26-22(31)14-5-3-2-4-6-14/h2-6,11-12,15-17,29H,7-10H2,1H3,(H,23,24,26,31)/t15-,16+,17-/m0/s1. The van der Waals surface area contributed by atoms with Gasteiger partial charge < -0.3 is 24.7 Å². The van der Waals surface area contributed by atoms with E-state index in [4.69, 9.17) is 9.47 Å². The van der Waals surface area contributed by atoms with Crippen LogP contribution < -0.4 is 5.32 Å². The van der Waals surface area contributed by atoms with Gasteiger partial charge in [0.05, 0.1) is 18.9 Å². The molecule has 0 aliphatic carbocycles. The zero-order valence-corrected chi connectivity index (χ0v) is 17.9. The lowest BCUT2D eigenvalue weighted by Crippen LogP contribution is -2.28. The number of esters is 1. The predicted octanol–water partition coefficient (Wildman–Crippen LogP) is 1.64. The van der Waals surface area contributed by atoms with Crippen LogP contribution in [-0.4, -0.2) is 61.1 Å². The number of hydrogen-bond donors (Lipinski definition) is 2. The summed E-state index contributed by atoms with van der Waals surface area (Å²) >= 11 is 0. The molecule has 11 nitrogen and oxygen atoms in total. The molecule has 1 aromatic carbocycles. The SMILES string of the molecule is CC(=O)CCC(=O)OC[C@H]1O[C@H](n2cnc3c(NC(=O)c4ccccc4)ncnc32)C[C@@H]1O. The van der Waals surface area contributed by atoms with Crippen LogP contribution in [0.1, 0.15) is 42.8 Å². The Bertz CT molecular complexity index is 1160. The Morgan fingerprint density at radius 3 is 2.73 bits per heavy atom. The Morgan fingerprint density at radius 2 is 1.97 bits per heavy atom. The van der Waals surface area contributed by atoms with Gasteiger partial charge in [-0.2, -0.15) is 0 Å². The highest BCUT2D eigenvalue weighted by Crippen LogP contribution is 2.32. The van der Waals surface area contributed by atoms with E-state index in [9.17, 15) is 19.5 Å². The third kappa shape index (κ3) is 5.21. The van der Waals surface area contributed by atoms with Crippen molar-refractivity contribution in [2.75, 3.05) is 11.9 Å². The third-order valence-corrected chi connectivity index (χ3v) is 5.23. The minimum atomic E-state index is -0.868. The molecule has 1 aliphatic heterocycles. The number of amides is 1. The molecule has 11 heteroatoms. The lowest BCUT2D eigenvalue weighted by molar-refractivity contribution is -0.150. The molecule has 0 saturated carbocycles. The second kappa shape index (κ2) is 9.84. The molecule has 0 radical (unpaired) electrons. The Kier molecular flexibility index (Phi) is 6.71. The maximum Gasteiger partial charge on any atom is 0.306 e. The fraction of sp³-hybridized carbons (Fsp3) is 0.364. The van der Waals surface area contributed by atoms with Gasteiger partial charge in [-0.05, 0) is 19.1 Å². The summed E-state index contributed by atoms with van der Waals surface area (Å²) in [5, 5.41) is 13.1. The topological polar surface area (TPSA) is 146 Å². The number of anilines is 1. The van der Waals surface area contributed by atoms with E-state index in [1.54, 1.807) is 28.8 Å². The lowest BCUT2D eigenvalue weighted by atomic mass is 10.2. The summed E-state index contributed by atoms with van der Waals surface area (Å²) in [6, 6.07) is 8.72. The van der Waals surface area contributed by atoms with Gasteiger partial charge in [0.25, 0.3) is 5.91 Å². The number of aliphatic hydroxyl groups is 1. The van der Waals surface area contributed by atoms with Gasteiger partial charge in [-0.3, -0.25) is 14.2 Å². The average Bonchev–Trinajstić information content (AvgIpc) is 3.40. The van der Waals surface area contributed by atoms with E-state index in [1.807, 2.05) is 6.07 Å². The third-order valence-electron chi connectivity index (χ3n) is 5.23. The molecular formula is C22H23N5O6. The van der Waals surface area contributed by atoms with Gasteiger partial charge in [0.2, 0.25) is 0 Å². The van der Waals surface area contributed by atoms with Gasteiger partial charge in [0.1, 0.15) is 31.0 Å². The zero-order chi connectivity index (χ0) is 23.4. The summed E-state index contributed by atoms with van der Waals surface area (Å²) in [6.07, 6.45) is 0.938. The molecule has 3 atom stereocenters. The number of carbonyl (C=O) groups is 3. The number of ketones is 1. The fourth-order valence-corrected chi connectivity index (χ4v) is 3.48. The summed E-state index contributed by atoms with van der Waals surface area (Å²) in [5.74, 6) is -0.701. The maximum atomic E-state index is 12.5. The van der Waals surface area contributed by atoms with Gasteiger partial charge >= 0.3 is 5.97 Å². The van der Waals surface area contributed by atoms with Crippen LogP contribution in [0.15, 0.2) is 43.0 Å². The van der Waals surface area contributed by atoms with Gasteiger partial charge in [-0.15, -0.1) is 0 Å². The Hall–Kier alpha value is -3.70. The molecule has 1 fully saturated rings. The highest BCUT2D eigenvalue weighted by Gasteiger charge is 2.36.